The van der Waals surface area contributed by atoms with Crippen molar-refractivity contribution < 1.29 is 19.1 Å². The largest absolute Gasteiger partial charge is 0.491 e. The number of nitriles is 1. The predicted octanol–water partition coefficient (Wildman–Crippen LogP) is 5.04. The molecule has 42 heavy (non-hydrogen) atoms. The summed E-state index contributed by atoms with van der Waals surface area (Å²) < 4.78 is 5.89. The molecule has 1 saturated carbocycles. The monoisotopic (exact) mass is 599 g/mol. The van der Waals surface area contributed by atoms with Crippen molar-refractivity contribution in [2.45, 2.75) is 105 Å². The van der Waals surface area contributed by atoms with E-state index in [2.05, 4.69) is 46.6 Å². The van der Waals surface area contributed by atoms with Gasteiger partial charge >= 0.3 is 0 Å². The molecule has 0 radical (unpaired) electrons. The lowest BCUT2D eigenvalue weighted by atomic mass is 9.87. The highest BCUT2D eigenvalue weighted by atomic mass is 32.1. The highest BCUT2D eigenvalue weighted by Crippen LogP contribution is 2.45. The molecule has 3 unspecified atom stereocenters. The third-order valence-corrected chi connectivity index (χ3v) is 8.85. The fourth-order valence-corrected chi connectivity index (χ4v) is 5.47. The lowest BCUT2D eigenvalue weighted by molar-refractivity contribution is -0.128. The van der Waals surface area contributed by atoms with Crippen molar-refractivity contribution in [1.82, 2.24) is 20.5 Å². The number of thiazole rings is 1. The predicted molar refractivity (Wildman–Crippen MR) is 167 cm³/mol. The zero-order valence-corrected chi connectivity index (χ0v) is 27.3. The lowest BCUT2D eigenvalue weighted by Gasteiger charge is -2.27. The molecule has 0 spiro atoms. The van der Waals surface area contributed by atoms with E-state index in [-0.39, 0.29) is 17.4 Å². The van der Waals surface area contributed by atoms with Crippen LogP contribution < -0.4 is 10.6 Å². The van der Waals surface area contributed by atoms with Gasteiger partial charge in [0, 0.05) is 29.0 Å². The number of amides is 2. The minimum Gasteiger partial charge on any atom is -0.491 e. The number of hydrogen-bond donors (Lipinski definition) is 2. The molecule has 0 aromatic carbocycles. The zero-order valence-electron chi connectivity index (χ0n) is 26.5. The number of nitrogens with zero attached hydrogens (tertiary/aromatic N) is 3. The van der Waals surface area contributed by atoms with Crippen molar-refractivity contribution in [3.8, 4) is 6.07 Å². The molecule has 2 N–H and O–H groups in total. The molecule has 2 heterocycles. The van der Waals surface area contributed by atoms with Crippen LogP contribution in [0.5, 0.6) is 0 Å². The fraction of sp³-hybridized carbons (Fsp3) is 0.656. The van der Waals surface area contributed by atoms with E-state index >= 15 is 0 Å². The first-order valence-corrected chi connectivity index (χ1v) is 15.7. The minimum absolute atomic E-state index is 0.113. The van der Waals surface area contributed by atoms with Crippen LogP contribution in [0, 0.1) is 29.1 Å². The molecule has 1 aliphatic heterocycles. The SMILES string of the molecule is CC(C)(C)C(C=O)NC(=O)C1(C#N)CC1.CC1CCCN1C.Cc1ncsc1C1C=C(OC(C)C)C(CNC=O)=CC1. The lowest BCUT2D eigenvalue weighted by Crippen LogP contribution is -2.47. The van der Waals surface area contributed by atoms with Gasteiger partial charge in [-0.3, -0.25) is 9.59 Å². The Bertz CT molecular complexity index is 1150. The summed E-state index contributed by atoms with van der Waals surface area (Å²) in [5, 5.41) is 14.1. The second-order valence-corrected chi connectivity index (χ2v) is 13.6. The summed E-state index contributed by atoms with van der Waals surface area (Å²) in [6.45, 7) is 15.8. The van der Waals surface area contributed by atoms with E-state index in [1.165, 1.54) is 24.3 Å². The number of rotatable bonds is 9. The third-order valence-electron chi connectivity index (χ3n) is 7.78. The maximum Gasteiger partial charge on any atom is 0.241 e. The van der Waals surface area contributed by atoms with Gasteiger partial charge in [0.2, 0.25) is 12.3 Å². The van der Waals surface area contributed by atoms with Crippen LogP contribution in [0.4, 0.5) is 0 Å². The van der Waals surface area contributed by atoms with Crippen LogP contribution in [0.2, 0.25) is 0 Å². The van der Waals surface area contributed by atoms with E-state index in [1.807, 2.05) is 53.1 Å². The van der Waals surface area contributed by atoms with Crippen LogP contribution >= 0.6 is 11.3 Å². The molecule has 9 nitrogen and oxygen atoms in total. The normalized spacial score (nSPS) is 21.6. The summed E-state index contributed by atoms with van der Waals surface area (Å²) in [6.07, 6.45) is 10.8. The molecule has 2 amide bonds. The molecular weight excluding hydrogens is 550 g/mol. The fourth-order valence-electron chi connectivity index (χ4n) is 4.58. The highest BCUT2D eigenvalue weighted by molar-refractivity contribution is 7.09. The average molecular weight is 600 g/mol. The van der Waals surface area contributed by atoms with Gasteiger partial charge in [0.05, 0.1) is 29.4 Å². The highest BCUT2D eigenvalue weighted by Gasteiger charge is 2.51. The van der Waals surface area contributed by atoms with E-state index in [4.69, 9.17) is 10.00 Å². The first-order chi connectivity index (χ1) is 19.8. The Balaban J connectivity index is 0.000000245. The Morgan fingerprint density at radius 1 is 1.33 bits per heavy atom. The maximum atomic E-state index is 11.7. The number of likely N-dealkylation sites (tertiary alicyclic amines) is 1. The van der Waals surface area contributed by atoms with Gasteiger partial charge in [0.25, 0.3) is 0 Å². The van der Waals surface area contributed by atoms with Crippen LogP contribution in [0.1, 0.15) is 90.1 Å². The van der Waals surface area contributed by atoms with Crippen molar-refractivity contribution in [3.63, 3.8) is 0 Å². The van der Waals surface area contributed by atoms with Gasteiger partial charge in [-0.1, -0.05) is 26.8 Å². The second kappa shape index (κ2) is 16.0. The van der Waals surface area contributed by atoms with Crippen molar-refractivity contribution in [1.29, 1.82) is 5.26 Å². The van der Waals surface area contributed by atoms with Crippen LogP contribution in [0.3, 0.4) is 0 Å². The van der Waals surface area contributed by atoms with Crippen molar-refractivity contribution in [2.24, 2.45) is 10.8 Å². The molecular formula is C32H49N5O4S. The Labute approximate surface area is 255 Å². The molecule has 3 aliphatic rings. The zero-order chi connectivity index (χ0) is 31.5. The molecule has 1 aromatic rings. The smallest absolute Gasteiger partial charge is 0.241 e. The molecule has 232 valence electrons. The van der Waals surface area contributed by atoms with E-state index in [9.17, 15) is 14.4 Å². The van der Waals surface area contributed by atoms with Crippen LogP contribution in [0.15, 0.2) is 29.0 Å². The standard InChI is InChI=1S/C15H20N2O2S.C11H16N2O2.C6H13N/c1-10(2)19-14-6-12(15-11(3)17-9-20-15)4-5-13(14)7-16-8-18;1-10(2,3)8(6-14)13-9(15)11(7-12)4-5-11;1-6-4-3-5-7(6)2/h5-6,8-10,12H,4,7H2,1-3H3,(H,16,18);6,8H,4-5H2,1-3H3,(H,13,15);6H,3-5H2,1-2H3. The number of allylic oxidation sites excluding steroid dienone is 2. The van der Waals surface area contributed by atoms with E-state index in [0.717, 1.165) is 35.8 Å². The van der Waals surface area contributed by atoms with Crippen LogP contribution in [0.25, 0.3) is 0 Å². The number of carbonyl (C=O) groups excluding carboxylic acids is 3. The number of ether oxygens (including phenoxy) is 1. The van der Waals surface area contributed by atoms with Crippen molar-refractivity contribution in [2.75, 3.05) is 20.1 Å². The van der Waals surface area contributed by atoms with Gasteiger partial charge in [-0.2, -0.15) is 5.26 Å². The van der Waals surface area contributed by atoms with Crippen LogP contribution in [-0.2, 0) is 19.1 Å². The molecule has 3 atom stereocenters. The Kier molecular flexibility index (Phi) is 13.4. The van der Waals surface area contributed by atoms with Crippen molar-refractivity contribution >= 4 is 29.9 Å². The number of aryl methyl sites for hydroxylation is 1. The summed E-state index contributed by atoms with van der Waals surface area (Å²) in [5.74, 6) is 0.881. The molecule has 1 saturated heterocycles. The van der Waals surface area contributed by atoms with Crippen LogP contribution in [-0.4, -0.2) is 66.8 Å². The first-order valence-electron chi connectivity index (χ1n) is 14.8. The summed E-state index contributed by atoms with van der Waals surface area (Å²) in [6, 6.07) is 2.32. The third kappa shape index (κ3) is 10.4. The van der Waals surface area contributed by atoms with Gasteiger partial charge in [0.1, 0.15) is 17.5 Å². The number of hydrogen-bond acceptors (Lipinski definition) is 8. The van der Waals surface area contributed by atoms with E-state index < -0.39 is 11.5 Å². The number of carbonyl (C=O) groups is 3. The first kappa shape index (κ1) is 35.2. The summed E-state index contributed by atoms with van der Waals surface area (Å²) in [7, 11) is 2.19. The number of nitrogens with one attached hydrogen (secondary N) is 2. The van der Waals surface area contributed by atoms with Crippen molar-refractivity contribution in [3.05, 3.63) is 39.6 Å². The summed E-state index contributed by atoms with van der Waals surface area (Å²) in [4.78, 5) is 41.0. The molecule has 2 fully saturated rings. The average Bonchev–Trinajstić information content (AvgIpc) is 3.49. The van der Waals surface area contributed by atoms with E-state index in [0.29, 0.717) is 31.7 Å². The molecule has 4 rings (SSSR count). The Hall–Kier alpha value is -3.03. The summed E-state index contributed by atoms with van der Waals surface area (Å²) in [5.41, 5.74) is 2.84. The van der Waals surface area contributed by atoms with Gasteiger partial charge in [-0.25, -0.2) is 4.98 Å². The second-order valence-electron chi connectivity index (χ2n) is 12.7. The van der Waals surface area contributed by atoms with Gasteiger partial charge < -0.3 is 25.1 Å². The molecule has 2 aliphatic carbocycles. The van der Waals surface area contributed by atoms with Gasteiger partial charge in [-0.15, -0.1) is 11.3 Å². The molecule has 1 aromatic heterocycles. The van der Waals surface area contributed by atoms with Gasteiger partial charge in [-0.05, 0) is 84.9 Å². The Morgan fingerprint density at radius 2 is 2.02 bits per heavy atom. The molecule has 0 bridgehead atoms. The number of aldehydes is 1. The van der Waals surface area contributed by atoms with Gasteiger partial charge in [0.15, 0.2) is 0 Å². The quantitative estimate of drug-likeness (QED) is 0.381. The van der Waals surface area contributed by atoms with E-state index in [1.54, 1.807) is 11.3 Å². The maximum absolute atomic E-state index is 11.7. The molecule has 10 heteroatoms. The topological polar surface area (TPSA) is 124 Å². The summed E-state index contributed by atoms with van der Waals surface area (Å²) >= 11 is 1.68. The Morgan fingerprint density at radius 3 is 2.43 bits per heavy atom. The number of aromatic nitrogens is 1. The minimum atomic E-state index is -0.855.